The SMILES string of the molecule is CN1CCC(COc2nc(Br)cnc2N)CC1. The summed E-state index contributed by atoms with van der Waals surface area (Å²) in [6.45, 7) is 2.94. The second-order valence-corrected chi connectivity index (χ2v) is 5.25. The molecule has 2 heterocycles. The zero-order valence-electron chi connectivity index (χ0n) is 9.90. The van der Waals surface area contributed by atoms with Gasteiger partial charge in [-0.25, -0.2) is 9.97 Å². The molecule has 0 unspecified atom stereocenters. The number of nitrogens with zero attached hydrogens (tertiary/aromatic N) is 3. The van der Waals surface area contributed by atoms with Gasteiger partial charge < -0.3 is 15.4 Å². The fourth-order valence-corrected chi connectivity index (χ4v) is 2.16. The first-order valence-corrected chi connectivity index (χ1v) is 6.54. The van der Waals surface area contributed by atoms with Crippen LogP contribution in [0.2, 0.25) is 0 Å². The minimum absolute atomic E-state index is 0.348. The number of anilines is 1. The van der Waals surface area contributed by atoms with E-state index in [-0.39, 0.29) is 0 Å². The number of rotatable bonds is 3. The highest BCUT2D eigenvalue weighted by Gasteiger charge is 2.18. The maximum atomic E-state index is 5.70. The molecule has 17 heavy (non-hydrogen) atoms. The van der Waals surface area contributed by atoms with Gasteiger partial charge in [-0.05, 0) is 54.8 Å². The lowest BCUT2D eigenvalue weighted by Gasteiger charge is -2.28. The maximum absolute atomic E-state index is 5.70. The number of halogens is 1. The number of likely N-dealkylation sites (tertiary alicyclic amines) is 1. The van der Waals surface area contributed by atoms with E-state index >= 15 is 0 Å². The normalized spacial score (nSPS) is 18.2. The van der Waals surface area contributed by atoms with E-state index in [0.29, 0.717) is 28.8 Å². The highest BCUT2D eigenvalue weighted by Crippen LogP contribution is 2.21. The number of nitrogen functional groups attached to an aromatic ring is 1. The van der Waals surface area contributed by atoms with Gasteiger partial charge in [0.25, 0.3) is 5.88 Å². The predicted octanol–water partition coefficient (Wildman–Crippen LogP) is 1.54. The Morgan fingerprint density at radius 3 is 2.94 bits per heavy atom. The molecule has 6 heteroatoms. The van der Waals surface area contributed by atoms with Crippen LogP contribution in [0.25, 0.3) is 0 Å². The van der Waals surface area contributed by atoms with Crippen molar-refractivity contribution in [2.24, 2.45) is 5.92 Å². The zero-order chi connectivity index (χ0) is 12.3. The van der Waals surface area contributed by atoms with Crippen LogP contribution in [0, 0.1) is 5.92 Å². The molecule has 0 bridgehead atoms. The first-order valence-electron chi connectivity index (χ1n) is 5.74. The summed E-state index contributed by atoms with van der Waals surface area (Å²) in [5.41, 5.74) is 5.70. The molecule has 0 spiro atoms. The summed E-state index contributed by atoms with van der Waals surface area (Å²) in [4.78, 5) is 10.5. The van der Waals surface area contributed by atoms with Crippen molar-refractivity contribution in [1.29, 1.82) is 0 Å². The van der Waals surface area contributed by atoms with Crippen molar-refractivity contribution < 1.29 is 4.74 Å². The van der Waals surface area contributed by atoms with Crippen LogP contribution < -0.4 is 10.5 Å². The van der Waals surface area contributed by atoms with Crippen LogP contribution >= 0.6 is 15.9 Å². The van der Waals surface area contributed by atoms with Gasteiger partial charge in [-0.15, -0.1) is 0 Å². The maximum Gasteiger partial charge on any atom is 0.258 e. The first-order chi connectivity index (χ1) is 8.15. The fourth-order valence-electron chi connectivity index (χ4n) is 1.89. The topological polar surface area (TPSA) is 64.3 Å². The van der Waals surface area contributed by atoms with E-state index in [1.807, 2.05) is 0 Å². The van der Waals surface area contributed by atoms with Crippen LogP contribution in [0.4, 0.5) is 5.82 Å². The lowest BCUT2D eigenvalue weighted by atomic mass is 9.98. The Morgan fingerprint density at radius 2 is 2.24 bits per heavy atom. The molecule has 2 rings (SSSR count). The zero-order valence-corrected chi connectivity index (χ0v) is 11.5. The molecule has 5 nitrogen and oxygen atoms in total. The Labute approximate surface area is 110 Å². The Balaban J connectivity index is 1.87. The van der Waals surface area contributed by atoms with Crippen LogP contribution in [-0.4, -0.2) is 41.6 Å². The van der Waals surface area contributed by atoms with Crippen molar-refractivity contribution in [3.8, 4) is 5.88 Å². The second kappa shape index (κ2) is 5.64. The molecule has 0 aromatic carbocycles. The smallest absolute Gasteiger partial charge is 0.258 e. The van der Waals surface area contributed by atoms with E-state index in [0.717, 1.165) is 25.9 Å². The van der Waals surface area contributed by atoms with Gasteiger partial charge in [0.2, 0.25) is 0 Å². The van der Waals surface area contributed by atoms with Gasteiger partial charge in [0.15, 0.2) is 5.82 Å². The van der Waals surface area contributed by atoms with Gasteiger partial charge in [0, 0.05) is 0 Å². The van der Waals surface area contributed by atoms with E-state index < -0.39 is 0 Å². The van der Waals surface area contributed by atoms with Gasteiger partial charge >= 0.3 is 0 Å². The fraction of sp³-hybridized carbons (Fsp3) is 0.636. The van der Waals surface area contributed by atoms with E-state index in [2.05, 4.69) is 37.8 Å². The molecule has 1 aliphatic rings. The van der Waals surface area contributed by atoms with Crippen molar-refractivity contribution >= 4 is 21.7 Å². The van der Waals surface area contributed by atoms with Crippen molar-refractivity contribution in [1.82, 2.24) is 14.9 Å². The number of ether oxygens (including phenoxy) is 1. The average Bonchev–Trinajstić information content (AvgIpc) is 2.32. The third-order valence-corrected chi connectivity index (χ3v) is 3.41. The highest BCUT2D eigenvalue weighted by molar-refractivity contribution is 9.10. The van der Waals surface area contributed by atoms with Gasteiger partial charge in [-0.3, -0.25) is 0 Å². The highest BCUT2D eigenvalue weighted by atomic mass is 79.9. The summed E-state index contributed by atoms with van der Waals surface area (Å²) in [6.07, 6.45) is 3.90. The Bertz CT molecular complexity index is 380. The molecule has 94 valence electrons. The summed E-state index contributed by atoms with van der Waals surface area (Å²) in [5.74, 6) is 1.37. The minimum atomic E-state index is 0.348. The number of piperidine rings is 1. The summed E-state index contributed by atoms with van der Waals surface area (Å²) < 4.78 is 6.29. The van der Waals surface area contributed by atoms with Crippen LogP contribution in [0.5, 0.6) is 5.88 Å². The number of hydrogen-bond donors (Lipinski definition) is 1. The third-order valence-electron chi connectivity index (χ3n) is 3.03. The quantitative estimate of drug-likeness (QED) is 0.917. The molecule has 2 N–H and O–H groups in total. The molecule has 0 amide bonds. The van der Waals surface area contributed by atoms with Crippen LogP contribution in [0.1, 0.15) is 12.8 Å². The van der Waals surface area contributed by atoms with Crippen LogP contribution in [0.15, 0.2) is 10.8 Å². The van der Waals surface area contributed by atoms with Crippen molar-refractivity contribution in [2.45, 2.75) is 12.8 Å². The first kappa shape index (κ1) is 12.6. The molecule has 0 aliphatic carbocycles. The Morgan fingerprint density at radius 1 is 1.53 bits per heavy atom. The summed E-state index contributed by atoms with van der Waals surface area (Å²) in [6, 6.07) is 0. The van der Waals surface area contributed by atoms with E-state index in [1.54, 1.807) is 6.20 Å². The molecule has 0 saturated carbocycles. The standard InChI is InChI=1S/C11H17BrN4O/c1-16-4-2-8(3-5-16)7-17-11-10(13)14-6-9(12)15-11/h6,8H,2-5,7H2,1H3,(H2,13,14). The lowest BCUT2D eigenvalue weighted by Crippen LogP contribution is -2.32. The van der Waals surface area contributed by atoms with Crippen molar-refractivity contribution in [3.05, 3.63) is 10.8 Å². The van der Waals surface area contributed by atoms with Crippen molar-refractivity contribution in [3.63, 3.8) is 0 Å². The van der Waals surface area contributed by atoms with Crippen molar-refractivity contribution in [2.75, 3.05) is 32.5 Å². The third kappa shape index (κ3) is 3.54. The van der Waals surface area contributed by atoms with E-state index in [1.165, 1.54) is 0 Å². The largest absolute Gasteiger partial charge is 0.475 e. The lowest BCUT2D eigenvalue weighted by molar-refractivity contribution is 0.157. The molecule has 0 atom stereocenters. The number of aromatic nitrogens is 2. The van der Waals surface area contributed by atoms with Crippen LogP contribution in [0.3, 0.4) is 0 Å². The molecule has 1 aromatic heterocycles. The van der Waals surface area contributed by atoms with Gasteiger partial charge in [-0.2, -0.15) is 0 Å². The van der Waals surface area contributed by atoms with Gasteiger partial charge in [0.1, 0.15) is 4.60 Å². The molecule has 1 fully saturated rings. The average molecular weight is 301 g/mol. The number of hydrogen-bond acceptors (Lipinski definition) is 5. The summed E-state index contributed by atoms with van der Waals surface area (Å²) >= 11 is 3.25. The molecule has 1 saturated heterocycles. The Kier molecular flexibility index (Phi) is 4.17. The molecular formula is C11H17BrN4O. The molecule has 1 aliphatic heterocycles. The van der Waals surface area contributed by atoms with Gasteiger partial charge in [-0.1, -0.05) is 0 Å². The summed E-state index contributed by atoms with van der Waals surface area (Å²) in [5, 5.41) is 0. The van der Waals surface area contributed by atoms with E-state index in [9.17, 15) is 0 Å². The molecule has 0 radical (unpaired) electrons. The monoisotopic (exact) mass is 300 g/mol. The summed E-state index contributed by atoms with van der Waals surface area (Å²) in [7, 11) is 2.15. The van der Waals surface area contributed by atoms with Gasteiger partial charge in [0.05, 0.1) is 12.8 Å². The van der Waals surface area contributed by atoms with Crippen LogP contribution in [-0.2, 0) is 0 Å². The van der Waals surface area contributed by atoms with E-state index in [4.69, 9.17) is 10.5 Å². The second-order valence-electron chi connectivity index (χ2n) is 4.44. The molecule has 1 aromatic rings. The Hall–Kier alpha value is -0.880. The molecular weight excluding hydrogens is 284 g/mol. The minimum Gasteiger partial charge on any atom is -0.475 e. The predicted molar refractivity (Wildman–Crippen MR) is 69.9 cm³/mol. The number of nitrogens with two attached hydrogens (primary N) is 1.